The normalized spacial score (nSPS) is 10.8. The summed E-state index contributed by atoms with van der Waals surface area (Å²) in [6.45, 7) is 0. The highest BCUT2D eigenvalue weighted by Crippen LogP contribution is 2.26. The summed E-state index contributed by atoms with van der Waals surface area (Å²) in [4.78, 5) is 14.7. The van der Waals surface area contributed by atoms with Crippen molar-refractivity contribution >= 4 is 39.8 Å². The highest BCUT2D eigenvalue weighted by Gasteiger charge is 2.11. The Hall–Kier alpha value is -1.04. The van der Waals surface area contributed by atoms with Gasteiger partial charge in [0, 0.05) is 22.2 Å². The standard InChI is InChI=1S/C15H18INO2/c1-19-11-6-7-15-12(9-11)13(10-18)14(17-15)5-3-2-4-8-16/h6-7,9-10,17H,2-5,8H2,1H3. The SMILES string of the molecule is COc1ccc2[nH]c(CCCCCI)c(C=O)c2c1. The Morgan fingerprint density at radius 3 is 2.84 bits per heavy atom. The average Bonchev–Trinajstić information content (AvgIpc) is 2.79. The molecule has 0 aliphatic carbocycles. The number of aromatic nitrogens is 1. The minimum absolute atomic E-state index is 0.781. The number of alkyl halides is 1. The van der Waals surface area contributed by atoms with Gasteiger partial charge in [-0.3, -0.25) is 4.79 Å². The molecule has 0 unspecified atom stereocenters. The number of aldehydes is 1. The first kappa shape index (κ1) is 14.4. The highest BCUT2D eigenvalue weighted by molar-refractivity contribution is 14.1. The average molecular weight is 371 g/mol. The van der Waals surface area contributed by atoms with Crippen LogP contribution in [0.4, 0.5) is 0 Å². The summed E-state index contributed by atoms with van der Waals surface area (Å²) >= 11 is 2.40. The van der Waals surface area contributed by atoms with E-state index in [1.807, 2.05) is 18.2 Å². The van der Waals surface area contributed by atoms with Gasteiger partial charge in [0.25, 0.3) is 0 Å². The molecule has 0 saturated carbocycles. The molecule has 0 amide bonds. The number of hydrogen-bond acceptors (Lipinski definition) is 2. The van der Waals surface area contributed by atoms with Gasteiger partial charge < -0.3 is 9.72 Å². The van der Waals surface area contributed by atoms with Crippen LogP contribution in [0.15, 0.2) is 18.2 Å². The number of unbranched alkanes of at least 4 members (excludes halogenated alkanes) is 2. The molecule has 0 radical (unpaired) electrons. The van der Waals surface area contributed by atoms with Gasteiger partial charge in [-0.1, -0.05) is 29.0 Å². The van der Waals surface area contributed by atoms with Crippen LogP contribution in [0.2, 0.25) is 0 Å². The molecule has 0 aliphatic heterocycles. The number of methoxy groups -OCH3 is 1. The second-order valence-electron chi connectivity index (χ2n) is 4.55. The van der Waals surface area contributed by atoms with E-state index in [2.05, 4.69) is 27.6 Å². The molecule has 2 aromatic rings. The Labute approximate surface area is 126 Å². The zero-order valence-electron chi connectivity index (χ0n) is 11.0. The van der Waals surface area contributed by atoms with Gasteiger partial charge in [-0.15, -0.1) is 0 Å². The van der Waals surface area contributed by atoms with Gasteiger partial charge in [0.05, 0.1) is 7.11 Å². The lowest BCUT2D eigenvalue weighted by Crippen LogP contribution is -1.91. The number of aromatic amines is 1. The third kappa shape index (κ3) is 3.29. The molecule has 4 heteroatoms. The van der Waals surface area contributed by atoms with E-state index in [1.165, 1.54) is 17.3 Å². The van der Waals surface area contributed by atoms with E-state index in [9.17, 15) is 4.79 Å². The van der Waals surface area contributed by atoms with Crippen molar-refractivity contribution in [2.75, 3.05) is 11.5 Å². The smallest absolute Gasteiger partial charge is 0.152 e. The third-order valence-electron chi connectivity index (χ3n) is 3.31. The first-order valence-corrected chi connectivity index (χ1v) is 8.02. The van der Waals surface area contributed by atoms with E-state index in [-0.39, 0.29) is 0 Å². The van der Waals surface area contributed by atoms with Crippen LogP contribution in [0.1, 0.15) is 35.3 Å². The molecule has 3 nitrogen and oxygen atoms in total. The third-order valence-corrected chi connectivity index (χ3v) is 4.07. The summed E-state index contributed by atoms with van der Waals surface area (Å²) in [7, 11) is 1.64. The number of fused-ring (bicyclic) bond motifs is 1. The summed E-state index contributed by atoms with van der Waals surface area (Å²) < 4.78 is 6.41. The van der Waals surface area contributed by atoms with Crippen molar-refractivity contribution in [1.29, 1.82) is 0 Å². The molecule has 102 valence electrons. The second-order valence-corrected chi connectivity index (χ2v) is 5.62. The van der Waals surface area contributed by atoms with Gasteiger partial charge in [-0.05, 0) is 41.9 Å². The largest absolute Gasteiger partial charge is 0.497 e. The van der Waals surface area contributed by atoms with Crippen molar-refractivity contribution < 1.29 is 9.53 Å². The number of ether oxygens (including phenoxy) is 1. The van der Waals surface area contributed by atoms with E-state index < -0.39 is 0 Å². The second kappa shape index (κ2) is 6.93. The molecule has 19 heavy (non-hydrogen) atoms. The van der Waals surface area contributed by atoms with Crippen molar-refractivity contribution in [3.05, 3.63) is 29.5 Å². The lowest BCUT2D eigenvalue weighted by molar-refractivity contribution is 0.112. The zero-order chi connectivity index (χ0) is 13.7. The van der Waals surface area contributed by atoms with Crippen molar-refractivity contribution in [2.45, 2.75) is 25.7 Å². The first-order chi connectivity index (χ1) is 9.30. The summed E-state index contributed by atoms with van der Waals surface area (Å²) in [5.41, 5.74) is 2.84. The van der Waals surface area contributed by atoms with Crippen molar-refractivity contribution in [2.24, 2.45) is 0 Å². The molecule has 0 atom stereocenters. The summed E-state index contributed by atoms with van der Waals surface area (Å²) in [5, 5.41) is 0.957. The first-order valence-electron chi connectivity index (χ1n) is 6.50. The van der Waals surface area contributed by atoms with Gasteiger partial charge in [-0.25, -0.2) is 0 Å². The maximum absolute atomic E-state index is 11.3. The Morgan fingerprint density at radius 2 is 2.16 bits per heavy atom. The van der Waals surface area contributed by atoms with E-state index in [1.54, 1.807) is 7.11 Å². The summed E-state index contributed by atoms with van der Waals surface area (Å²) in [6.07, 6.45) is 5.45. The number of rotatable bonds is 7. The van der Waals surface area contributed by atoms with Crippen molar-refractivity contribution in [3.8, 4) is 5.75 Å². The van der Waals surface area contributed by atoms with E-state index >= 15 is 0 Å². The topological polar surface area (TPSA) is 42.1 Å². The summed E-state index contributed by atoms with van der Waals surface area (Å²) in [6, 6.07) is 5.80. The lowest BCUT2D eigenvalue weighted by atomic mass is 10.1. The van der Waals surface area contributed by atoms with Crippen LogP contribution in [0.3, 0.4) is 0 Å². The van der Waals surface area contributed by atoms with Crippen molar-refractivity contribution in [3.63, 3.8) is 0 Å². The number of H-pyrrole nitrogens is 1. The van der Waals surface area contributed by atoms with Crippen LogP contribution >= 0.6 is 22.6 Å². The number of nitrogens with one attached hydrogen (secondary N) is 1. The highest BCUT2D eigenvalue weighted by atomic mass is 127. The number of hydrogen-bond donors (Lipinski definition) is 1. The number of carbonyl (C=O) groups excluding carboxylic acids is 1. The quantitative estimate of drug-likeness (QED) is 0.344. The summed E-state index contributed by atoms with van der Waals surface area (Å²) in [5.74, 6) is 0.783. The molecule has 1 aromatic carbocycles. The van der Waals surface area contributed by atoms with E-state index in [4.69, 9.17) is 4.74 Å². The fourth-order valence-corrected chi connectivity index (χ4v) is 2.82. The molecule has 1 N–H and O–H groups in total. The molecular weight excluding hydrogens is 353 g/mol. The minimum Gasteiger partial charge on any atom is -0.497 e. The van der Waals surface area contributed by atoms with Crippen molar-refractivity contribution in [1.82, 2.24) is 4.98 Å². The molecule has 0 spiro atoms. The Bertz CT molecular complexity index is 563. The molecule has 2 rings (SSSR count). The maximum atomic E-state index is 11.3. The molecule has 1 aromatic heterocycles. The molecular formula is C15H18INO2. The van der Waals surface area contributed by atoms with Crippen LogP contribution in [0, 0.1) is 0 Å². The number of aryl methyl sites for hydroxylation is 1. The maximum Gasteiger partial charge on any atom is 0.152 e. The molecule has 0 fully saturated rings. The van der Waals surface area contributed by atoms with Crippen LogP contribution in [-0.2, 0) is 6.42 Å². The Balaban J connectivity index is 2.25. The fraction of sp³-hybridized carbons (Fsp3) is 0.400. The van der Waals surface area contributed by atoms with Crippen LogP contribution in [-0.4, -0.2) is 22.8 Å². The minimum atomic E-state index is 0.781. The fourth-order valence-electron chi connectivity index (χ4n) is 2.28. The monoisotopic (exact) mass is 371 g/mol. The van der Waals surface area contributed by atoms with Crippen LogP contribution in [0.25, 0.3) is 10.9 Å². The van der Waals surface area contributed by atoms with Crippen LogP contribution in [0.5, 0.6) is 5.75 Å². The molecule has 1 heterocycles. The van der Waals surface area contributed by atoms with Gasteiger partial charge >= 0.3 is 0 Å². The lowest BCUT2D eigenvalue weighted by Gasteiger charge is -1.99. The van der Waals surface area contributed by atoms with Crippen LogP contribution < -0.4 is 4.74 Å². The van der Waals surface area contributed by atoms with Gasteiger partial charge in [0.1, 0.15) is 5.75 Å². The van der Waals surface area contributed by atoms with Gasteiger partial charge in [0.15, 0.2) is 6.29 Å². The zero-order valence-corrected chi connectivity index (χ0v) is 13.2. The number of benzene rings is 1. The Kier molecular flexibility index (Phi) is 5.24. The number of halogens is 1. The number of carbonyl (C=O) groups is 1. The predicted molar refractivity (Wildman–Crippen MR) is 86.7 cm³/mol. The molecule has 0 aliphatic rings. The Morgan fingerprint density at radius 1 is 1.32 bits per heavy atom. The molecule has 0 saturated heterocycles. The molecule has 0 bridgehead atoms. The predicted octanol–water partition coefficient (Wildman–Crippen LogP) is 4.14. The van der Waals surface area contributed by atoms with E-state index in [0.717, 1.165) is 47.0 Å². The van der Waals surface area contributed by atoms with E-state index in [0.29, 0.717) is 0 Å². The van der Waals surface area contributed by atoms with Gasteiger partial charge in [-0.2, -0.15) is 0 Å². The van der Waals surface area contributed by atoms with Gasteiger partial charge in [0.2, 0.25) is 0 Å².